The predicted molar refractivity (Wildman–Crippen MR) is 236 cm³/mol. The Balaban J connectivity index is 1.10. The van der Waals surface area contributed by atoms with Crippen LogP contribution in [-0.4, -0.2) is 0 Å². The molecule has 56 heavy (non-hydrogen) atoms. The van der Waals surface area contributed by atoms with Crippen molar-refractivity contribution in [1.82, 2.24) is 0 Å². The summed E-state index contributed by atoms with van der Waals surface area (Å²) in [5, 5.41) is 16.8. The van der Waals surface area contributed by atoms with Crippen molar-refractivity contribution in [3.8, 4) is 33.4 Å². The molecular formula is C54H30O2. The molecule has 2 heterocycles. The summed E-state index contributed by atoms with van der Waals surface area (Å²) in [4.78, 5) is 0. The highest BCUT2D eigenvalue weighted by molar-refractivity contribution is 6.28. The predicted octanol–water partition coefficient (Wildman–Crippen LogP) is 15.7. The fraction of sp³-hybridized carbons (Fsp3) is 0. The van der Waals surface area contributed by atoms with E-state index in [0.717, 1.165) is 65.8 Å². The van der Waals surface area contributed by atoms with E-state index in [4.69, 9.17) is 8.83 Å². The molecule has 0 N–H and O–H groups in total. The third kappa shape index (κ3) is 4.16. The molecule has 13 rings (SSSR count). The molecule has 0 saturated heterocycles. The Kier molecular flexibility index (Phi) is 5.92. The summed E-state index contributed by atoms with van der Waals surface area (Å²) in [7, 11) is 0. The Morgan fingerprint density at radius 1 is 0.250 bits per heavy atom. The lowest BCUT2D eigenvalue weighted by molar-refractivity contribution is 0.669. The number of hydrogen-bond acceptors (Lipinski definition) is 2. The monoisotopic (exact) mass is 710 g/mol. The summed E-state index contributed by atoms with van der Waals surface area (Å²) in [6.07, 6.45) is 0. The summed E-state index contributed by atoms with van der Waals surface area (Å²) in [5.74, 6) is 0. The van der Waals surface area contributed by atoms with Gasteiger partial charge in [-0.15, -0.1) is 0 Å². The van der Waals surface area contributed by atoms with Crippen LogP contribution in [0.3, 0.4) is 0 Å². The fourth-order valence-electron chi connectivity index (χ4n) is 9.58. The van der Waals surface area contributed by atoms with Gasteiger partial charge in [-0.2, -0.15) is 0 Å². The van der Waals surface area contributed by atoms with E-state index in [1.165, 1.54) is 65.3 Å². The average Bonchev–Trinajstić information content (AvgIpc) is 3.81. The largest absolute Gasteiger partial charge is 0.456 e. The maximum Gasteiger partial charge on any atom is 0.143 e. The van der Waals surface area contributed by atoms with Gasteiger partial charge in [0.25, 0.3) is 0 Å². The quantitative estimate of drug-likeness (QED) is 0.171. The Morgan fingerprint density at radius 2 is 0.839 bits per heavy atom. The van der Waals surface area contributed by atoms with Crippen LogP contribution >= 0.6 is 0 Å². The zero-order valence-corrected chi connectivity index (χ0v) is 30.1. The molecule has 0 spiro atoms. The molecule has 2 aromatic heterocycles. The molecule has 0 fully saturated rings. The smallest absolute Gasteiger partial charge is 0.143 e. The second kappa shape index (κ2) is 11.1. The van der Waals surface area contributed by atoms with Crippen molar-refractivity contribution in [2.75, 3.05) is 0 Å². The minimum Gasteiger partial charge on any atom is -0.456 e. The Labute approximate surface area is 320 Å². The van der Waals surface area contributed by atoms with E-state index in [1.54, 1.807) is 0 Å². The maximum absolute atomic E-state index is 7.07. The molecule has 0 bridgehead atoms. The van der Waals surface area contributed by atoms with E-state index >= 15 is 0 Å². The van der Waals surface area contributed by atoms with Crippen LogP contribution in [-0.2, 0) is 0 Å². The van der Waals surface area contributed by atoms with Gasteiger partial charge in [0.1, 0.15) is 22.3 Å². The highest BCUT2D eigenvalue weighted by Crippen LogP contribution is 2.48. The lowest BCUT2D eigenvalue weighted by Gasteiger charge is -2.15. The van der Waals surface area contributed by atoms with E-state index in [2.05, 4.69) is 182 Å². The van der Waals surface area contributed by atoms with Crippen LogP contribution in [0.2, 0.25) is 0 Å². The van der Waals surface area contributed by atoms with Crippen LogP contribution in [0, 0.1) is 0 Å². The molecule has 0 saturated carbocycles. The summed E-state index contributed by atoms with van der Waals surface area (Å²) >= 11 is 0. The van der Waals surface area contributed by atoms with Gasteiger partial charge in [0.2, 0.25) is 0 Å². The number of benzene rings is 11. The molecule has 2 heteroatoms. The standard InChI is InChI=1S/C54H30O2/c1-2-8-31(9-3-1)37-18-19-38-28-45-48(30-39(38)26-37)55-47-15-7-14-41(52(45)47)44-25-24-43(53-46-27-35-10-4-5-11-36(35)29-49(46)56-54(44)53)40-22-20-34-17-16-32-12-6-13-33-21-23-42(40)51(34)50(32)33/h1-30H. The Hall–Kier alpha value is -7.42. The van der Waals surface area contributed by atoms with E-state index in [0.29, 0.717) is 0 Å². The molecule has 11 aromatic carbocycles. The van der Waals surface area contributed by atoms with Crippen molar-refractivity contribution in [1.29, 1.82) is 0 Å². The van der Waals surface area contributed by atoms with Gasteiger partial charge in [-0.3, -0.25) is 0 Å². The normalized spacial score (nSPS) is 12.3. The van der Waals surface area contributed by atoms with E-state index < -0.39 is 0 Å². The lowest BCUT2D eigenvalue weighted by Crippen LogP contribution is -1.89. The van der Waals surface area contributed by atoms with Crippen LogP contribution in [0.4, 0.5) is 0 Å². The zero-order valence-electron chi connectivity index (χ0n) is 30.1. The number of furan rings is 2. The van der Waals surface area contributed by atoms with Gasteiger partial charge >= 0.3 is 0 Å². The molecule has 0 unspecified atom stereocenters. The van der Waals surface area contributed by atoms with Gasteiger partial charge < -0.3 is 8.83 Å². The molecular weight excluding hydrogens is 681 g/mol. The minimum atomic E-state index is 0.863. The minimum absolute atomic E-state index is 0.863. The third-order valence-electron chi connectivity index (χ3n) is 12.2. The number of fused-ring (bicyclic) bond motifs is 8. The molecule has 0 aliphatic heterocycles. The Morgan fingerprint density at radius 3 is 1.70 bits per heavy atom. The van der Waals surface area contributed by atoms with Crippen molar-refractivity contribution in [2.24, 2.45) is 0 Å². The number of hydrogen-bond donors (Lipinski definition) is 0. The highest BCUT2D eigenvalue weighted by Gasteiger charge is 2.23. The van der Waals surface area contributed by atoms with E-state index in [-0.39, 0.29) is 0 Å². The highest BCUT2D eigenvalue weighted by atomic mass is 16.3. The summed E-state index contributed by atoms with van der Waals surface area (Å²) in [6, 6.07) is 66.1. The van der Waals surface area contributed by atoms with Crippen molar-refractivity contribution in [3.63, 3.8) is 0 Å². The average molecular weight is 711 g/mol. The second-order valence-corrected chi connectivity index (χ2v) is 15.2. The molecule has 0 atom stereocenters. The van der Waals surface area contributed by atoms with E-state index in [9.17, 15) is 0 Å². The van der Waals surface area contributed by atoms with Crippen molar-refractivity contribution < 1.29 is 8.83 Å². The number of rotatable bonds is 3. The Bertz CT molecular complexity index is 3740. The first-order valence-electron chi connectivity index (χ1n) is 19.2. The third-order valence-corrected chi connectivity index (χ3v) is 12.2. The first kappa shape index (κ1) is 30.0. The van der Waals surface area contributed by atoms with Crippen LogP contribution in [0.15, 0.2) is 191 Å². The topological polar surface area (TPSA) is 26.3 Å². The summed E-state index contributed by atoms with van der Waals surface area (Å²) < 4.78 is 13.7. The molecule has 0 radical (unpaired) electrons. The van der Waals surface area contributed by atoms with Gasteiger partial charge in [-0.25, -0.2) is 0 Å². The van der Waals surface area contributed by atoms with Crippen LogP contribution < -0.4 is 0 Å². The van der Waals surface area contributed by atoms with Gasteiger partial charge in [0, 0.05) is 27.1 Å². The van der Waals surface area contributed by atoms with Crippen molar-refractivity contribution in [3.05, 3.63) is 182 Å². The van der Waals surface area contributed by atoms with Gasteiger partial charge in [0.15, 0.2) is 0 Å². The summed E-state index contributed by atoms with van der Waals surface area (Å²) in [5.41, 5.74) is 10.4. The van der Waals surface area contributed by atoms with Gasteiger partial charge in [-0.05, 0) is 124 Å². The molecule has 0 amide bonds. The van der Waals surface area contributed by atoms with Crippen molar-refractivity contribution in [2.45, 2.75) is 0 Å². The van der Waals surface area contributed by atoms with Crippen LogP contribution in [0.5, 0.6) is 0 Å². The van der Waals surface area contributed by atoms with Gasteiger partial charge in [0.05, 0.1) is 0 Å². The fourth-order valence-corrected chi connectivity index (χ4v) is 9.58. The van der Waals surface area contributed by atoms with Crippen LogP contribution in [0.1, 0.15) is 0 Å². The molecule has 0 aliphatic rings. The van der Waals surface area contributed by atoms with Crippen molar-refractivity contribution >= 4 is 97.7 Å². The molecule has 0 aliphatic carbocycles. The molecule has 258 valence electrons. The lowest BCUT2D eigenvalue weighted by atomic mass is 9.87. The first-order valence-corrected chi connectivity index (χ1v) is 19.2. The first-order chi connectivity index (χ1) is 27.7. The van der Waals surface area contributed by atoms with E-state index in [1.807, 2.05) is 0 Å². The van der Waals surface area contributed by atoms with Crippen LogP contribution in [0.25, 0.3) is 131 Å². The second-order valence-electron chi connectivity index (χ2n) is 15.2. The summed E-state index contributed by atoms with van der Waals surface area (Å²) in [6.45, 7) is 0. The van der Waals surface area contributed by atoms with Gasteiger partial charge in [-0.1, -0.05) is 140 Å². The SMILES string of the molecule is c1ccc(-c2ccc3cc4c(cc3c2)oc2cccc(-c3ccc(-c5ccc6ccc7cccc8ccc5c6c78)c5c3oc3cc6ccccc6cc35)c24)cc1. The molecule has 2 nitrogen and oxygen atoms in total. The zero-order chi connectivity index (χ0) is 36.5. The molecule has 13 aromatic rings. The maximum atomic E-state index is 7.07.